The van der Waals surface area contributed by atoms with Gasteiger partial charge >= 0.3 is 0 Å². The lowest BCUT2D eigenvalue weighted by Crippen LogP contribution is -2.21. The lowest BCUT2D eigenvalue weighted by Gasteiger charge is -2.09. The molecule has 2 aromatic heterocycles. The van der Waals surface area contributed by atoms with Gasteiger partial charge in [-0.15, -0.1) is 0 Å². The predicted octanol–water partition coefficient (Wildman–Crippen LogP) is 1.64. The Labute approximate surface area is 113 Å². The maximum Gasteiger partial charge on any atom is 0.137 e. The van der Waals surface area contributed by atoms with E-state index in [1.807, 2.05) is 29.1 Å². The molecule has 0 radical (unpaired) electrons. The van der Waals surface area contributed by atoms with Crippen molar-refractivity contribution < 1.29 is 4.74 Å². The molecule has 0 spiro atoms. The summed E-state index contributed by atoms with van der Waals surface area (Å²) in [5.41, 5.74) is 6.90. The summed E-state index contributed by atoms with van der Waals surface area (Å²) in [5.74, 6) is 0.779. The number of aromatic nitrogens is 3. The van der Waals surface area contributed by atoms with Crippen LogP contribution in [0.3, 0.4) is 0 Å². The van der Waals surface area contributed by atoms with Crippen molar-refractivity contribution >= 4 is 0 Å². The first-order valence-corrected chi connectivity index (χ1v) is 6.58. The standard InChI is InChI=1S/C14H20N4O/c1-2-12(15)10-13-4-5-14(11-16-13)19-9-8-18-7-3-6-17-18/h3-7,11-12H,2,8-10,15H2,1H3. The first kappa shape index (κ1) is 13.5. The largest absolute Gasteiger partial charge is 0.490 e. The van der Waals surface area contributed by atoms with E-state index in [9.17, 15) is 0 Å². The molecular formula is C14H20N4O. The summed E-state index contributed by atoms with van der Waals surface area (Å²) >= 11 is 0. The molecule has 0 saturated carbocycles. The van der Waals surface area contributed by atoms with Crippen molar-refractivity contribution in [1.29, 1.82) is 0 Å². The third-order valence-corrected chi connectivity index (χ3v) is 2.94. The van der Waals surface area contributed by atoms with E-state index >= 15 is 0 Å². The average molecular weight is 260 g/mol. The molecule has 0 aromatic carbocycles. The Morgan fingerprint density at radius 2 is 2.32 bits per heavy atom. The van der Waals surface area contributed by atoms with Gasteiger partial charge in [0.15, 0.2) is 0 Å². The van der Waals surface area contributed by atoms with Crippen LogP contribution in [0.15, 0.2) is 36.8 Å². The summed E-state index contributed by atoms with van der Waals surface area (Å²) in [5, 5.41) is 4.11. The Morgan fingerprint density at radius 1 is 1.42 bits per heavy atom. The number of nitrogens with zero attached hydrogens (tertiary/aromatic N) is 3. The Morgan fingerprint density at radius 3 is 2.95 bits per heavy atom. The van der Waals surface area contributed by atoms with Gasteiger partial charge in [0, 0.05) is 30.6 Å². The van der Waals surface area contributed by atoms with E-state index in [4.69, 9.17) is 10.5 Å². The van der Waals surface area contributed by atoms with Gasteiger partial charge in [0.25, 0.3) is 0 Å². The maximum atomic E-state index is 5.90. The van der Waals surface area contributed by atoms with E-state index in [0.29, 0.717) is 6.61 Å². The van der Waals surface area contributed by atoms with Crippen molar-refractivity contribution in [2.24, 2.45) is 5.73 Å². The molecule has 1 atom stereocenters. The zero-order valence-electron chi connectivity index (χ0n) is 11.2. The fraction of sp³-hybridized carbons (Fsp3) is 0.429. The molecule has 5 heteroatoms. The second-order valence-corrected chi connectivity index (χ2v) is 4.48. The number of hydrogen-bond acceptors (Lipinski definition) is 4. The van der Waals surface area contributed by atoms with Crippen LogP contribution in [0.5, 0.6) is 5.75 Å². The molecule has 0 aliphatic carbocycles. The fourth-order valence-corrected chi connectivity index (χ4v) is 1.72. The monoisotopic (exact) mass is 260 g/mol. The highest BCUT2D eigenvalue weighted by Gasteiger charge is 2.03. The number of rotatable bonds is 7. The van der Waals surface area contributed by atoms with Crippen LogP contribution in [0.25, 0.3) is 0 Å². The highest BCUT2D eigenvalue weighted by molar-refractivity contribution is 5.20. The minimum atomic E-state index is 0.180. The molecule has 0 saturated heterocycles. The third kappa shape index (κ3) is 4.37. The molecular weight excluding hydrogens is 240 g/mol. The number of hydrogen-bond donors (Lipinski definition) is 1. The molecule has 0 fully saturated rings. The smallest absolute Gasteiger partial charge is 0.137 e. The molecule has 2 N–H and O–H groups in total. The van der Waals surface area contributed by atoms with Crippen LogP contribution in [-0.4, -0.2) is 27.4 Å². The second-order valence-electron chi connectivity index (χ2n) is 4.48. The Hall–Kier alpha value is -1.88. The van der Waals surface area contributed by atoms with Crippen LogP contribution >= 0.6 is 0 Å². The van der Waals surface area contributed by atoms with Gasteiger partial charge in [0.1, 0.15) is 12.4 Å². The lowest BCUT2D eigenvalue weighted by atomic mass is 10.1. The molecule has 0 aliphatic heterocycles. The molecule has 2 aromatic rings. The van der Waals surface area contributed by atoms with Gasteiger partial charge in [-0.3, -0.25) is 9.67 Å². The summed E-state index contributed by atoms with van der Waals surface area (Å²) in [7, 11) is 0. The van der Waals surface area contributed by atoms with E-state index < -0.39 is 0 Å². The zero-order chi connectivity index (χ0) is 13.5. The molecule has 1 unspecified atom stereocenters. The first-order valence-electron chi connectivity index (χ1n) is 6.58. The van der Waals surface area contributed by atoms with Crippen LogP contribution in [0.1, 0.15) is 19.0 Å². The minimum Gasteiger partial charge on any atom is -0.490 e. The topological polar surface area (TPSA) is 66.0 Å². The molecule has 0 bridgehead atoms. The van der Waals surface area contributed by atoms with Crippen molar-refractivity contribution in [2.75, 3.05) is 6.61 Å². The first-order chi connectivity index (χ1) is 9.28. The van der Waals surface area contributed by atoms with E-state index in [1.54, 1.807) is 12.4 Å². The van der Waals surface area contributed by atoms with Crippen LogP contribution < -0.4 is 10.5 Å². The highest BCUT2D eigenvalue weighted by Crippen LogP contribution is 2.10. The predicted molar refractivity (Wildman–Crippen MR) is 73.9 cm³/mol. The number of nitrogens with two attached hydrogens (primary N) is 1. The van der Waals surface area contributed by atoms with Crippen molar-refractivity contribution in [3.63, 3.8) is 0 Å². The van der Waals surface area contributed by atoms with Crippen LogP contribution in [-0.2, 0) is 13.0 Å². The van der Waals surface area contributed by atoms with Crippen LogP contribution in [0.4, 0.5) is 0 Å². The molecule has 2 rings (SSSR count). The van der Waals surface area contributed by atoms with Gasteiger partial charge in [0.2, 0.25) is 0 Å². The molecule has 0 amide bonds. The highest BCUT2D eigenvalue weighted by atomic mass is 16.5. The van der Waals surface area contributed by atoms with E-state index in [1.165, 1.54) is 0 Å². The number of pyridine rings is 1. The minimum absolute atomic E-state index is 0.180. The van der Waals surface area contributed by atoms with E-state index in [0.717, 1.165) is 30.8 Å². The van der Waals surface area contributed by atoms with Crippen molar-refractivity contribution in [2.45, 2.75) is 32.4 Å². The van der Waals surface area contributed by atoms with Crippen molar-refractivity contribution in [1.82, 2.24) is 14.8 Å². The molecule has 19 heavy (non-hydrogen) atoms. The zero-order valence-corrected chi connectivity index (χ0v) is 11.2. The Balaban J connectivity index is 1.78. The normalized spacial score (nSPS) is 12.3. The summed E-state index contributed by atoms with van der Waals surface area (Å²) in [6.45, 7) is 3.39. The summed E-state index contributed by atoms with van der Waals surface area (Å²) in [6.07, 6.45) is 7.19. The molecule has 102 valence electrons. The molecule has 2 heterocycles. The van der Waals surface area contributed by atoms with Gasteiger partial charge in [-0.2, -0.15) is 5.10 Å². The average Bonchev–Trinajstić information content (AvgIpc) is 2.94. The van der Waals surface area contributed by atoms with Crippen LogP contribution in [0.2, 0.25) is 0 Å². The van der Waals surface area contributed by atoms with Crippen molar-refractivity contribution in [3.8, 4) is 5.75 Å². The van der Waals surface area contributed by atoms with Crippen molar-refractivity contribution in [3.05, 3.63) is 42.5 Å². The summed E-state index contributed by atoms with van der Waals surface area (Å²) in [4.78, 5) is 4.35. The summed E-state index contributed by atoms with van der Waals surface area (Å²) in [6, 6.07) is 5.99. The van der Waals surface area contributed by atoms with Crippen LogP contribution in [0, 0.1) is 0 Å². The fourth-order valence-electron chi connectivity index (χ4n) is 1.72. The molecule has 0 aliphatic rings. The SMILES string of the molecule is CCC(N)Cc1ccc(OCCn2cccn2)cn1. The number of ether oxygens (including phenoxy) is 1. The van der Waals surface area contributed by atoms with Gasteiger partial charge in [-0.25, -0.2) is 0 Å². The van der Waals surface area contributed by atoms with Gasteiger partial charge in [-0.1, -0.05) is 6.92 Å². The Bertz CT molecular complexity index is 467. The quantitative estimate of drug-likeness (QED) is 0.822. The van der Waals surface area contributed by atoms with Gasteiger partial charge in [-0.05, 0) is 24.6 Å². The summed E-state index contributed by atoms with van der Waals surface area (Å²) < 4.78 is 7.45. The second kappa shape index (κ2) is 6.89. The Kier molecular flexibility index (Phi) is 4.92. The lowest BCUT2D eigenvalue weighted by molar-refractivity contribution is 0.290. The van der Waals surface area contributed by atoms with E-state index in [-0.39, 0.29) is 6.04 Å². The van der Waals surface area contributed by atoms with E-state index in [2.05, 4.69) is 17.0 Å². The molecule has 5 nitrogen and oxygen atoms in total. The van der Waals surface area contributed by atoms with Gasteiger partial charge < -0.3 is 10.5 Å². The maximum absolute atomic E-state index is 5.90. The van der Waals surface area contributed by atoms with Gasteiger partial charge in [0.05, 0.1) is 12.7 Å². The third-order valence-electron chi connectivity index (χ3n) is 2.94.